The molecule has 0 aliphatic carbocycles. The van der Waals surface area contributed by atoms with Crippen molar-refractivity contribution in [2.75, 3.05) is 26.2 Å². The zero-order valence-electron chi connectivity index (χ0n) is 15.1. The number of thiophene rings is 1. The second-order valence-electron chi connectivity index (χ2n) is 6.72. The Labute approximate surface area is 159 Å². The minimum absolute atomic E-state index is 0.192. The number of morpholine rings is 1. The molecule has 1 N–H and O–H groups in total. The zero-order valence-corrected chi connectivity index (χ0v) is 15.9. The number of carbonyl (C=O) groups is 2. The maximum Gasteiger partial charge on any atom is 0.490 e. The molecule has 0 radical (unpaired) electrons. The van der Waals surface area contributed by atoms with Crippen molar-refractivity contribution in [3.63, 3.8) is 0 Å². The Kier molecular flexibility index (Phi) is 7.24. The number of fused-ring (bicyclic) bond motifs is 1. The SMILES string of the molecule is CC(C)N1CCO[C@H]2CN(C(=O)Cc3ccsc3)C[C@H]21.O=C(O)C(F)(F)F. The topological polar surface area (TPSA) is 70.1 Å². The van der Waals surface area contributed by atoms with Gasteiger partial charge < -0.3 is 14.7 Å². The average Bonchev–Trinajstić information content (AvgIpc) is 3.22. The second-order valence-corrected chi connectivity index (χ2v) is 7.50. The third-order valence-electron chi connectivity index (χ3n) is 4.54. The number of hydrogen-bond acceptors (Lipinski definition) is 5. The Morgan fingerprint density at radius 2 is 2.04 bits per heavy atom. The van der Waals surface area contributed by atoms with E-state index in [4.69, 9.17) is 14.6 Å². The van der Waals surface area contributed by atoms with E-state index < -0.39 is 12.1 Å². The molecule has 2 saturated heterocycles. The van der Waals surface area contributed by atoms with Crippen molar-refractivity contribution >= 4 is 23.2 Å². The van der Waals surface area contributed by atoms with Crippen LogP contribution < -0.4 is 0 Å². The normalized spacial score (nSPS) is 23.0. The summed E-state index contributed by atoms with van der Waals surface area (Å²) in [4.78, 5) is 25.7. The van der Waals surface area contributed by atoms with Gasteiger partial charge in [-0.15, -0.1) is 0 Å². The van der Waals surface area contributed by atoms with Gasteiger partial charge in [0.25, 0.3) is 0 Å². The molecule has 3 heterocycles. The summed E-state index contributed by atoms with van der Waals surface area (Å²) in [6.07, 6.45) is -4.37. The number of likely N-dealkylation sites (tertiary alicyclic amines) is 1. The van der Waals surface area contributed by atoms with E-state index in [-0.39, 0.29) is 12.0 Å². The van der Waals surface area contributed by atoms with Gasteiger partial charge in [0.1, 0.15) is 0 Å². The summed E-state index contributed by atoms with van der Waals surface area (Å²) in [5.41, 5.74) is 1.12. The number of carboxylic acid groups (broad SMARTS) is 1. The molecule has 0 spiro atoms. The fraction of sp³-hybridized carbons (Fsp3) is 0.647. The van der Waals surface area contributed by atoms with Crippen molar-refractivity contribution in [3.8, 4) is 0 Å². The van der Waals surface area contributed by atoms with Crippen molar-refractivity contribution in [3.05, 3.63) is 22.4 Å². The van der Waals surface area contributed by atoms with Crippen LogP contribution in [0.1, 0.15) is 19.4 Å². The monoisotopic (exact) mass is 408 g/mol. The van der Waals surface area contributed by atoms with E-state index >= 15 is 0 Å². The van der Waals surface area contributed by atoms with Crippen LogP contribution in [0, 0.1) is 0 Å². The van der Waals surface area contributed by atoms with Gasteiger partial charge in [0.05, 0.1) is 25.2 Å². The lowest BCUT2D eigenvalue weighted by Crippen LogP contribution is -2.53. The molecule has 1 aromatic heterocycles. The van der Waals surface area contributed by atoms with Gasteiger partial charge in [0.2, 0.25) is 5.91 Å². The summed E-state index contributed by atoms with van der Waals surface area (Å²) in [6, 6.07) is 2.91. The molecule has 2 atom stereocenters. The van der Waals surface area contributed by atoms with Crippen LogP contribution in [-0.2, 0) is 20.7 Å². The average molecular weight is 408 g/mol. The molecular weight excluding hydrogens is 385 g/mol. The van der Waals surface area contributed by atoms with Crippen molar-refractivity contribution in [2.24, 2.45) is 0 Å². The molecule has 0 unspecified atom stereocenters. The zero-order chi connectivity index (χ0) is 20.2. The number of carboxylic acids is 1. The second kappa shape index (κ2) is 9.03. The number of carbonyl (C=O) groups excluding carboxylic acids is 1. The maximum atomic E-state index is 12.4. The van der Waals surface area contributed by atoms with Crippen molar-refractivity contribution in [2.45, 2.75) is 44.6 Å². The van der Waals surface area contributed by atoms with Gasteiger partial charge in [-0.1, -0.05) is 0 Å². The van der Waals surface area contributed by atoms with Crippen LogP contribution in [0.3, 0.4) is 0 Å². The van der Waals surface area contributed by atoms with E-state index in [0.717, 1.165) is 31.8 Å². The number of ether oxygens (including phenoxy) is 1. The summed E-state index contributed by atoms with van der Waals surface area (Å²) < 4.78 is 37.6. The quantitative estimate of drug-likeness (QED) is 0.831. The molecular formula is C17H23F3N2O4S. The Bertz CT molecular complexity index is 637. The molecule has 1 amide bonds. The molecule has 0 aromatic carbocycles. The molecule has 152 valence electrons. The van der Waals surface area contributed by atoms with Crippen LogP contribution in [0.15, 0.2) is 16.8 Å². The number of nitrogens with zero attached hydrogens (tertiary/aromatic N) is 2. The lowest BCUT2D eigenvalue weighted by atomic mass is 10.1. The maximum absolute atomic E-state index is 12.4. The molecule has 10 heteroatoms. The van der Waals surface area contributed by atoms with Crippen molar-refractivity contribution < 1.29 is 32.6 Å². The van der Waals surface area contributed by atoms with Crippen LogP contribution >= 0.6 is 11.3 Å². The Morgan fingerprint density at radius 1 is 1.37 bits per heavy atom. The molecule has 2 fully saturated rings. The Balaban J connectivity index is 0.000000321. The summed E-state index contributed by atoms with van der Waals surface area (Å²) in [5, 5.41) is 11.2. The number of halogens is 3. The summed E-state index contributed by atoms with van der Waals surface area (Å²) in [5.74, 6) is -2.53. The van der Waals surface area contributed by atoms with E-state index in [2.05, 4.69) is 24.1 Å². The van der Waals surface area contributed by atoms with Crippen LogP contribution in [0.5, 0.6) is 0 Å². The largest absolute Gasteiger partial charge is 0.490 e. The molecule has 0 saturated carbocycles. The first kappa shape index (κ1) is 21.6. The standard InChI is InChI=1S/C15H22N2O2S.C2HF3O2/c1-11(2)17-4-5-19-14-9-16(8-13(14)17)15(18)7-12-3-6-20-10-12;3-2(4,5)1(6)7/h3,6,10-11,13-14H,4-5,7-9H2,1-2H3;(H,6,7)/t13-,14+;/m1./s1. The third-order valence-corrected chi connectivity index (χ3v) is 5.27. The number of aliphatic carboxylic acids is 1. The Morgan fingerprint density at radius 3 is 2.56 bits per heavy atom. The van der Waals surface area contributed by atoms with E-state index in [1.165, 1.54) is 0 Å². The molecule has 2 aliphatic rings. The van der Waals surface area contributed by atoms with Gasteiger partial charge in [0, 0.05) is 25.7 Å². The van der Waals surface area contributed by atoms with Gasteiger partial charge in [0.15, 0.2) is 0 Å². The fourth-order valence-corrected chi connectivity index (χ4v) is 3.91. The minimum Gasteiger partial charge on any atom is -0.475 e. The summed E-state index contributed by atoms with van der Waals surface area (Å²) >= 11 is 1.64. The predicted octanol–water partition coefficient (Wildman–Crippen LogP) is 2.24. The highest BCUT2D eigenvalue weighted by molar-refractivity contribution is 7.08. The molecule has 6 nitrogen and oxygen atoms in total. The van der Waals surface area contributed by atoms with Crippen LogP contribution in [-0.4, -0.2) is 77.4 Å². The molecule has 27 heavy (non-hydrogen) atoms. The van der Waals surface area contributed by atoms with Gasteiger partial charge in [-0.25, -0.2) is 4.79 Å². The first-order valence-corrected chi connectivity index (χ1v) is 9.50. The molecule has 0 bridgehead atoms. The van der Waals surface area contributed by atoms with Crippen LogP contribution in [0.4, 0.5) is 13.2 Å². The van der Waals surface area contributed by atoms with Crippen LogP contribution in [0.25, 0.3) is 0 Å². The highest BCUT2D eigenvalue weighted by Crippen LogP contribution is 2.25. The number of alkyl halides is 3. The predicted molar refractivity (Wildman–Crippen MR) is 93.7 cm³/mol. The smallest absolute Gasteiger partial charge is 0.475 e. The van der Waals surface area contributed by atoms with E-state index in [0.29, 0.717) is 18.5 Å². The molecule has 2 aliphatic heterocycles. The van der Waals surface area contributed by atoms with Gasteiger partial charge in [-0.3, -0.25) is 9.69 Å². The third kappa shape index (κ3) is 5.91. The van der Waals surface area contributed by atoms with E-state index in [1.54, 1.807) is 11.3 Å². The Hall–Kier alpha value is -1.65. The van der Waals surface area contributed by atoms with Gasteiger partial charge >= 0.3 is 12.1 Å². The van der Waals surface area contributed by atoms with Gasteiger partial charge in [-0.2, -0.15) is 24.5 Å². The first-order chi connectivity index (χ1) is 12.6. The number of rotatable bonds is 3. The molecule has 1 aromatic rings. The molecule has 3 rings (SSSR count). The minimum atomic E-state index is -5.08. The highest BCUT2D eigenvalue weighted by Gasteiger charge is 2.42. The summed E-state index contributed by atoms with van der Waals surface area (Å²) in [6.45, 7) is 7.76. The van der Waals surface area contributed by atoms with E-state index in [1.807, 2.05) is 16.3 Å². The summed E-state index contributed by atoms with van der Waals surface area (Å²) in [7, 11) is 0. The lowest BCUT2D eigenvalue weighted by Gasteiger charge is -2.39. The van der Waals surface area contributed by atoms with Crippen molar-refractivity contribution in [1.29, 1.82) is 0 Å². The van der Waals surface area contributed by atoms with Gasteiger partial charge in [-0.05, 0) is 36.2 Å². The highest BCUT2D eigenvalue weighted by atomic mass is 32.1. The first-order valence-electron chi connectivity index (χ1n) is 8.56. The van der Waals surface area contributed by atoms with Crippen LogP contribution in [0.2, 0.25) is 0 Å². The van der Waals surface area contributed by atoms with Crippen molar-refractivity contribution in [1.82, 2.24) is 9.80 Å². The number of hydrogen-bond donors (Lipinski definition) is 1. The van der Waals surface area contributed by atoms with E-state index in [9.17, 15) is 18.0 Å². The lowest BCUT2D eigenvalue weighted by molar-refractivity contribution is -0.192. The number of amides is 1. The fourth-order valence-electron chi connectivity index (χ4n) is 3.24.